The van der Waals surface area contributed by atoms with Crippen molar-refractivity contribution in [3.05, 3.63) is 23.8 Å². The van der Waals surface area contributed by atoms with Crippen molar-refractivity contribution >= 4 is 11.9 Å². The van der Waals surface area contributed by atoms with Gasteiger partial charge in [-0.25, -0.2) is 4.79 Å². The molecule has 1 aromatic carbocycles. The first kappa shape index (κ1) is 14.1. The summed E-state index contributed by atoms with van der Waals surface area (Å²) in [7, 11) is 0. The summed E-state index contributed by atoms with van der Waals surface area (Å²) in [4.78, 5) is 22.3. The van der Waals surface area contributed by atoms with Crippen molar-refractivity contribution in [3.8, 4) is 11.5 Å². The minimum Gasteiger partial charge on any atom is -0.478 e. The summed E-state index contributed by atoms with van der Waals surface area (Å²) >= 11 is 0. The number of hydrogen-bond acceptors (Lipinski definition) is 7. The SMILES string of the molecule is NCC(=O)OC(C(=O)O)C(N)c1ccc2c(c1)OCO2. The molecule has 0 amide bonds. The summed E-state index contributed by atoms with van der Waals surface area (Å²) in [6.45, 7) is -0.323. The van der Waals surface area contributed by atoms with E-state index in [-0.39, 0.29) is 6.79 Å². The molecule has 0 fully saturated rings. The first-order valence-electron chi connectivity index (χ1n) is 5.80. The number of hydrogen-bond donors (Lipinski definition) is 3. The number of esters is 1. The molecule has 1 heterocycles. The molecule has 20 heavy (non-hydrogen) atoms. The number of carboxylic acid groups (broad SMARTS) is 1. The quantitative estimate of drug-likeness (QED) is 0.608. The predicted octanol–water partition coefficient (Wildman–Crippen LogP) is -0.630. The highest BCUT2D eigenvalue weighted by Gasteiger charge is 2.31. The molecule has 1 aliphatic rings. The van der Waals surface area contributed by atoms with E-state index in [9.17, 15) is 9.59 Å². The highest BCUT2D eigenvalue weighted by atomic mass is 16.7. The molecular formula is C12H14N2O6. The Morgan fingerprint density at radius 2 is 2.05 bits per heavy atom. The van der Waals surface area contributed by atoms with E-state index >= 15 is 0 Å². The van der Waals surface area contributed by atoms with Crippen LogP contribution in [0, 0.1) is 0 Å². The molecule has 8 nitrogen and oxygen atoms in total. The lowest BCUT2D eigenvalue weighted by molar-refractivity contribution is -0.164. The van der Waals surface area contributed by atoms with Crippen LogP contribution < -0.4 is 20.9 Å². The molecule has 0 radical (unpaired) electrons. The topological polar surface area (TPSA) is 134 Å². The predicted molar refractivity (Wildman–Crippen MR) is 66.1 cm³/mol. The first-order valence-corrected chi connectivity index (χ1v) is 5.80. The summed E-state index contributed by atoms with van der Waals surface area (Å²) < 4.78 is 15.1. The standard InChI is InChI=1S/C12H14N2O6/c13-4-9(15)20-11(12(16)17)10(14)6-1-2-7-8(3-6)19-5-18-7/h1-3,10-11H,4-5,13-14H2,(H,16,17). The molecule has 5 N–H and O–H groups in total. The third-order valence-electron chi connectivity index (χ3n) is 2.78. The Bertz CT molecular complexity index is 533. The van der Waals surface area contributed by atoms with Crippen LogP contribution in [0.25, 0.3) is 0 Å². The molecule has 2 atom stereocenters. The van der Waals surface area contributed by atoms with Crippen molar-refractivity contribution in [1.29, 1.82) is 0 Å². The van der Waals surface area contributed by atoms with Gasteiger partial charge in [0.25, 0.3) is 0 Å². The Hall–Kier alpha value is -2.32. The monoisotopic (exact) mass is 282 g/mol. The maximum absolute atomic E-state index is 11.1. The van der Waals surface area contributed by atoms with Crippen molar-refractivity contribution in [2.24, 2.45) is 11.5 Å². The van der Waals surface area contributed by atoms with E-state index in [0.717, 1.165) is 0 Å². The summed E-state index contributed by atoms with van der Waals surface area (Å²) in [5.74, 6) is -1.18. The number of fused-ring (bicyclic) bond motifs is 1. The molecule has 0 saturated heterocycles. The molecule has 2 rings (SSSR count). The molecule has 0 aliphatic carbocycles. The summed E-state index contributed by atoms with van der Waals surface area (Å²) in [5.41, 5.74) is 11.4. The number of benzene rings is 1. The average molecular weight is 282 g/mol. The Balaban J connectivity index is 2.20. The van der Waals surface area contributed by atoms with Crippen LogP contribution in [0.15, 0.2) is 18.2 Å². The lowest BCUT2D eigenvalue weighted by atomic mass is 10.0. The van der Waals surface area contributed by atoms with Gasteiger partial charge in [-0.05, 0) is 17.7 Å². The second-order valence-electron chi connectivity index (χ2n) is 4.09. The van der Waals surface area contributed by atoms with Gasteiger partial charge in [-0.1, -0.05) is 6.07 Å². The lowest BCUT2D eigenvalue weighted by Gasteiger charge is -2.20. The highest BCUT2D eigenvalue weighted by Crippen LogP contribution is 2.34. The van der Waals surface area contributed by atoms with Crippen molar-refractivity contribution in [3.63, 3.8) is 0 Å². The number of ether oxygens (including phenoxy) is 3. The maximum atomic E-state index is 11.1. The van der Waals surface area contributed by atoms with E-state index < -0.39 is 30.6 Å². The van der Waals surface area contributed by atoms with Crippen LogP contribution in [-0.4, -0.2) is 36.5 Å². The van der Waals surface area contributed by atoms with Gasteiger partial charge in [0, 0.05) is 0 Å². The van der Waals surface area contributed by atoms with E-state index in [4.69, 9.17) is 30.8 Å². The van der Waals surface area contributed by atoms with Crippen molar-refractivity contribution < 1.29 is 28.9 Å². The molecule has 2 unspecified atom stereocenters. The molecule has 0 aromatic heterocycles. The van der Waals surface area contributed by atoms with Crippen LogP contribution in [0.5, 0.6) is 11.5 Å². The number of aliphatic carboxylic acids is 1. The Kier molecular flexibility index (Phi) is 4.06. The lowest BCUT2D eigenvalue weighted by Crippen LogP contribution is -2.39. The van der Waals surface area contributed by atoms with Crippen LogP contribution in [0.3, 0.4) is 0 Å². The van der Waals surface area contributed by atoms with Crippen molar-refractivity contribution in [1.82, 2.24) is 0 Å². The largest absolute Gasteiger partial charge is 0.478 e. The highest BCUT2D eigenvalue weighted by molar-refractivity contribution is 5.79. The average Bonchev–Trinajstić information content (AvgIpc) is 2.90. The minimum absolute atomic E-state index is 0.0958. The number of rotatable bonds is 5. The van der Waals surface area contributed by atoms with E-state index in [1.54, 1.807) is 18.2 Å². The molecule has 1 aliphatic heterocycles. The number of carbonyl (C=O) groups is 2. The Morgan fingerprint density at radius 1 is 1.35 bits per heavy atom. The van der Waals surface area contributed by atoms with Crippen LogP contribution >= 0.6 is 0 Å². The van der Waals surface area contributed by atoms with Gasteiger partial charge in [-0.15, -0.1) is 0 Å². The molecule has 108 valence electrons. The zero-order valence-electron chi connectivity index (χ0n) is 10.4. The fourth-order valence-electron chi connectivity index (χ4n) is 1.76. The summed E-state index contributed by atoms with van der Waals surface area (Å²) in [6.07, 6.45) is -1.52. The zero-order chi connectivity index (χ0) is 14.7. The van der Waals surface area contributed by atoms with Gasteiger partial charge < -0.3 is 30.8 Å². The molecule has 0 bridgehead atoms. The normalized spacial score (nSPS) is 15.5. The fourth-order valence-corrected chi connectivity index (χ4v) is 1.76. The van der Waals surface area contributed by atoms with Gasteiger partial charge in [0.2, 0.25) is 12.9 Å². The number of carbonyl (C=O) groups excluding carboxylic acids is 1. The van der Waals surface area contributed by atoms with Crippen molar-refractivity contribution in [2.75, 3.05) is 13.3 Å². The van der Waals surface area contributed by atoms with Gasteiger partial charge >= 0.3 is 11.9 Å². The van der Waals surface area contributed by atoms with Gasteiger partial charge in [-0.3, -0.25) is 4.79 Å². The van der Waals surface area contributed by atoms with Crippen LogP contribution in [0.2, 0.25) is 0 Å². The number of carboxylic acids is 1. The van der Waals surface area contributed by atoms with E-state index in [1.165, 1.54) is 0 Å². The van der Waals surface area contributed by atoms with Crippen LogP contribution in [0.1, 0.15) is 11.6 Å². The van der Waals surface area contributed by atoms with Gasteiger partial charge in [0.1, 0.15) is 0 Å². The van der Waals surface area contributed by atoms with Gasteiger partial charge in [-0.2, -0.15) is 0 Å². The van der Waals surface area contributed by atoms with E-state index in [2.05, 4.69) is 0 Å². The van der Waals surface area contributed by atoms with Crippen LogP contribution in [-0.2, 0) is 14.3 Å². The first-order chi connectivity index (χ1) is 9.52. The second-order valence-corrected chi connectivity index (χ2v) is 4.09. The Morgan fingerprint density at radius 3 is 2.70 bits per heavy atom. The van der Waals surface area contributed by atoms with E-state index in [1.807, 2.05) is 0 Å². The minimum atomic E-state index is -1.52. The van der Waals surface area contributed by atoms with Crippen LogP contribution in [0.4, 0.5) is 0 Å². The number of nitrogens with two attached hydrogens (primary N) is 2. The molecule has 0 saturated carbocycles. The molecule has 1 aromatic rings. The maximum Gasteiger partial charge on any atom is 0.347 e. The van der Waals surface area contributed by atoms with Crippen molar-refractivity contribution in [2.45, 2.75) is 12.1 Å². The molecular weight excluding hydrogens is 268 g/mol. The third-order valence-corrected chi connectivity index (χ3v) is 2.78. The molecule has 8 heteroatoms. The zero-order valence-corrected chi connectivity index (χ0v) is 10.4. The third kappa shape index (κ3) is 2.81. The molecule has 0 spiro atoms. The Labute approximate surface area is 114 Å². The summed E-state index contributed by atoms with van der Waals surface area (Å²) in [6, 6.07) is 3.71. The van der Waals surface area contributed by atoms with Gasteiger partial charge in [0.15, 0.2) is 11.5 Å². The second kappa shape index (κ2) is 5.76. The van der Waals surface area contributed by atoms with E-state index in [0.29, 0.717) is 17.1 Å². The van der Waals surface area contributed by atoms with Gasteiger partial charge in [0.05, 0.1) is 12.6 Å². The smallest absolute Gasteiger partial charge is 0.347 e. The summed E-state index contributed by atoms with van der Waals surface area (Å²) in [5, 5.41) is 9.09. The fraction of sp³-hybridized carbons (Fsp3) is 0.333.